The predicted octanol–water partition coefficient (Wildman–Crippen LogP) is 2.42. The zero-order valence-electron chi connectivity index (χ0n) is 11.8. The van der Waals surface area contributed by atoms with Gasteiger partial charge in [-0.25, -0.2) is 9.97 Å². The number of hydrogen-bond donors (Lipinski definition) is 2. The Morgan fingerprint density at radius 2 is 2.10 bits per heavy atom. The first-order valence-corrected chi connectivity index (χ1v) is 6.48. The van der Waals surface area contributed by atoms with Crippen molar-refractivity contribution in [2.24, 2.45) is 0 Å². The van der Waals surface area contributed by atoms with Gasteiger partial charge in [-0.1, -0.05) is 6.07 Å². The van der Waals surface area contributed by atoms with Crippen LogP contribution in [0.15, 0.2) is 36.7 Å². The van der Waals surface area contributed by atoms with E-state index < -0.39 is 0 Å². The molecule has 1 aromatic carbocycles. The minimum absolute atomic E-state index is 0.211. The number of carbonyl (C=O) groups excluding carboxylic acids is 1. The van der Waals surface area contributed by atoms with Crippen LogP contribution in [0.25, 0.3) is 0 Å². The standard InChI is InChI=1S/C15H15N5O/c1-10(2)19-14-7-13(17-9-18-14)15(21)20-12-5-3-4-11(6-12)8-16/h3-7,9-10H,1-2H3,(H,20,21)(H,17,18,19). The van der Waals surface area contributed by atoms with Gasteiger partial charge in [0.25, 0.3) is 5.91 Å². The first-order chi connectivity index (χ1) is 10.1. The van der Waals surface area contributed by atoms with Crippen molar-refractivity contribution in [2.45, 2.75) is 19.9 Å². The summed E-state index contributed by atoms with van der Waals surface area (Å²) < 4.78 is 0. The molecule has 0 radical (unpaired) electrons. The van der Waals surface area contributed by atoms with Crippen LogP contribution in [-0.2, 0) is 0 Å². The number of nitrogens with one attached hydrogen (secondary N) is 2. The van der Waals surface area contributed by atoms with E-state index in [2.05, 4.69) is 20.6 Å². The Morgan fingerprint density at radius 3 is 2.81 bits per heavy atom. The molecule has 6 nitrogen and oxygen atoms in total. The lowest BCUT2D eigenvalue weighted by atomic mass is 10.2. The maximum atomic E-state index is 12.1. The number of benzene rings is 1. The zero-order chi connectivity index (χ0) is 15.2. The summed E-state index contributed by atoms with van der Waals surface area (Å²) >= 11 is 0. The smallest absolute Gasteiger partial charge is 0.274 e. The van der Waals surface area contributed by atoms with Gasteiger partial charge in [0.05, 0.1) is 11.6 Å². The number of nitrogens with zero attached hydrogens (tertiary/aromatic N) is 3. The minimum atomic E-state index is -0.348. The van der Waals surface area contributed by atoms with Crippen LogP contribution < -0.4 is 10.6 Å². The molecule has 0 unspecified atom stereocenters. The quantitative estimate of drug-likeness (QED) is 0.898. The summed E-state index contributed by atoms with van der Waals surface area (Å²) in [5.41, 5.74) is 1.30. The summed E-state index contributed by atoms with van der Waals surface area (Å²) in [6, 6.07) is 10.5. The lowest BCUT2D eigenvalue weighted by Gasteiger charge is -2.09. The first kappa shape index (κ1) is 14.5. The normalized spacial score (nSPS) is 10.0. The second-order valence-corrected chi connectivity index (χ2v) is 4.73. The van der Waals surface area contributed by atoms with Crippen LogP contribution in [0.2, 0.25) is 0 Å². The molecule has 0 saturated heterocycles. The third-order valence-corrected chi connectivity index (χ3v) is 2.59. The van der Waals surface area contributed by atoms with Gasteiger partial charge in [-0.2, -0.15) is 5.26 Å². The van der Waals surface area contributed by atoms with Crippen LogP contribution in [0.3, 0.4) is 0 Å². The molecule has 2 N–H and O–H groups in total. The van der Waals surface area contributed by atoms with Crippen molar-refractivity contribution in [1.82, 2.24) is 9.97 Å². The van der Waals surface area contributed by atoms with E-state index in [1.807, 2.05) is 19.9 Å². The molecule has 0 bridgehead atoms. The molecule has 1 heterocycles. The second-order valence-electron chi connectivity index (χ2n) is 4.73. The van der Waals surface area contributed by atoms with Crippen molar-refractivity contribution >= 4 is 17.4 Å². The third-order valence-electron chi connectivity index (χ3n) is 2.59. The van der Waals surface area contributed by atoms with Crippen molar-refractivity contribution in [3.8, 4) is 6.07 Å². The Balaban J connectivity index is 2.14. The number of hydrogen-bond acceptors (Lipinski definition) is 5. The van der Waals surface area contributed by atoms with Crippen LogP contribution in [-0.4, -0.2) is 21.9 Å². The summed E-state index contributed by atoms with van der Waals surface area (Å²) in [6.45, 7) is 3.96. The average Bonchev–Trinajstić information content (AvgIpc) is 2.47. The topological polar surface area (TPSA) is 90.7 Å². The SMILES string of the molecule is CC(C)Nc1cc(C(=O)Nc2cccc(C#N)c2)ncn1. The number of anilines is 2. The Morgan fingerprint density at radius 1 is 1.29 bits per heavy atom. The molecule has 0 aliphatic carbocycles. The van der Waals surface area contributed by atoms with Crippen LogP contribution in [0.4, 0.5) is 11.5 Å². The third kappa shape index (κ3) is 4.01. The van der Waals surface area contributed by atoms with Crippen molar-refractivity contribution < 1.29 is 4.79 Å². The fourth-order valence-corrected chi connectivity index (χ4v) is 1.72. The number of carbonyl (C=O) groups is 1. The monoisotopic (exact) mass is 281 g/mol. The van der Waals surface area contributed by atoms with Crippen molar-refractivity contribution in [2.75, 3.05) is 10.6 Å². The maximum absolute atomic E-state index is 12.1. The van der Waals surface area contributed by atoms with E-state index >= 15 is 0 Å². The van der Waals surface area contributed by atoms with Crippen LogP contribution in [0.5, 0.6) is 0 Å². The Bertz CT molecular complexity index is 690. The van der Waals surface area contributed by atoms with Crippen LogP contribution in [0, 0.1) is 11.3 Å². The fourth-order valence-electron chi connectivity index (χ4n) is 1.72. The highest BCUT2D eigenvalue weighted by molar-refractivity contribution is 6.03. The lowest BCUT2D eigenvalue weighted by molar-refractivity contribution is 0.102. The molecular weight excluding hydrogens is 266 g/mol. The van der Waals surface area contributed by atoms with E-state index in [1.54, 1.807) is 30.3 Å². The Kier molecular flexibility index (Phi) is 4.46. The van der Waals surface area contributed by atoms with Crippen molar-refractivity contribution in [3.63, 3.8) is 0 Å². The van der Waals surface area contributed by atoms with Gasteiger partial charge >= 0.3 is 0 Å². The zero-order valence-corrected chi connectivity index (χ0v) is 11.8. The molecule has 0 saturated carbocycles. The van der Waals surface area contributed by atoms with Crippen LogP contribution in [0.1, 0.15) is 29.9 Å². The summed E-state index contributed by atoms with van der Waals surface area (Å²) in [7, 11) is 0. The van der Waals surface area contributed by atoms with E-state index in [4.69, 9.17) is 5.26 Å². The largest absolute Gasteiger partial charge is 0.368 e. The van der Waals surface area contributed by atoms with Gasteiger partial charge in [0.1, 0.15) is 17.8 Å². The molecular formula is C15H15N5O. The van der Waals surface area contributed by atoms with E-state index in [9.17, 15) is 4.79 Å². The molecule has 2 rings (SSSR count). The molecule has 0 aliphatic heterocycles. The van der Waals surface area contributed by atoms with Crippen molar-refractivity contribution in [3.05, 3.63) is 47.9 Å². The number of aromatic nitrogens is 2. The number of rotatable bonds is 4. The molecule has 0 aliphatic rings. The minimum Gasteiger partial charge on any atom is -0.368 e. The number of nitriles is 1. The van der Waals surface area contributed by atoms with Gasteiger partial charge in [-0.3, -0.25) is 4.79 Å². The molecule has 2 aromatic rings. The predicted molar refractivity (Wildman–Crippen MR) is 79.9 cm³/mol. The number of amides is 1. The molecule has 6 heteroatoms. The summed E-state index contributed by atoms with van der Waals surface area (Å²) in [4.78, 5) is 20.1. The molecule has 0 fully saturated rings. The maximum Gasteiger partial charge on any atom is 0.274 e. The van der Waals surface area contributed by atoms with E-state index in [0.29, 0.717) is 17.1 Å². The van der Waals surface area contributed by atoms with Gasteiger partial charge in [-0.15, -0.1) is 0 Å². The highest BCUT2D eigenvalue weighted by Crippen LogP contribution is 2.12. The fraction of sp³-hybridized carbons (Fsp3) is 0.200. The molecule has 21 heavy (non-hydrogen) atoms. The van der Waals surface area contributed by atoms with Crippen LogP contribution >= 0.6 is 0 Å². The highest BCUT2D eigenvalue weighted by atomic mass is 16.1. The average molecular weight is 281 g/mol. The lowest BCUT2D eigenvalue weighted by Crippen LogP contribution is -2.16. The first-order valence-electron chi connectivity index (χ1n) is 6.48. The van der Waals surface area contributed by atoms with Gasteiger partial charge in [0.2, 0.25) is 0 Å². The molecule has 106 valence electrons. The summed E-state index contributed by atoms with van der Waals surface area (Å²) in [5, 5.41) is 14.7. The molecule has 1 aromatic heterocycles. The van der Waals surface area contributed by atoms with E-state index in [0.717, 1.165) is 0 Å². The van der Waals surface area contributed by atoms with Gasteiger partial charge in [0, 0.05) is 17.8 Å². The van der Waals surface area contributed by atoms with Gasteiger partial charge in [-0.05, 0) is 32.0 Å². The molecule has 0 spiro atoms. The second kappa shape index (κ2) is 6.48. The van der Waals surface area contributed by atoms with Gasteiger partial charge < -0.3 is 10.6 Å². The molecule has 1 amide bonds. The van der Waals surface area contributed by atoms with E-state index in [1.165, 1.54) is 6.33 Å². The highest BCUT2D eigenvalue weighted by Gasteiger charge is 2.10. The van der Waals surface area contributed by atoms with Crippen molar-refractivity contribution in [1.29, 1.82) is 5.26 Å². The summed E-state index contributed by atoms with van der Waals surface area (Å²) in [6.07, 6.45) is 1.34. The Labute approximate surface area is 122 Å². The van der Waals surface area contributed by atoms with Gasteiger partial charge in [0.15, 0.2) is 0 Å². The Hall–Kier alpha value is -2.94. The summed E-state index contributed by atoms with van der Waals surface area (Å²) in [5.74, 6) is 0.246. The molecule has 0 atom stereocenters. The van der Waals surface area contributed by atoms with E-state index in [-0.39, 0.29) is 17.6 Å².